The first-order valence-electron chi connectivity index (χ1n) is 2.52. The fourth-order valence-electron chi connectivity index (χ4n) is 0.329. The minimum atomic E-state index is 0.178. The van der Waals surface area contributed by atoms with Crippen molar-refractivity contribution in [2.24, 2.45) is 4.36 Å². The third-order valence-electron chi connectivity index (χ3n) is 0.668. The standard InChI is InChI=1S/C4H10N2OS/c7-4-3-5-1-2-6-8/h5,7H,1-4H2. The molecule has 0 atom stereocenters. The molecule has 0 rings (SSSR count). The summed E-state index contributed by atoms with van der Waals surface area (Å²) in [5.41, 5.74) is 0. The van der Waals surface area contributed by atoms with Crippen molar-refractivity contribution in [2.45, 2.75) is 0 Å². The molecular weight excluding hydrogens is 124 g/mol. The Balaban J connectivity index is 2.62. The molecule has 0 aliphatic rings. The topological polar surface area (TPSA) is 44.6 Å². The zero-order valence-corrected chi connectivity index (χ0v) is 5.45. The molecule has 0 aliphatic carbocycles. The van der Waals surface area contributed by atoms with Crippen molar-refractivity contribution in [3.63, 3.8) is 0 Å². The smallest absolute Gasteiger partial charge is 0.0645 e. The Morgan fingerprint density at radius 3 is 2.75 bits per heavy atom. The predicted octanol–water partition coefficient (Wildman–Crippen LogP) is -0.701. The number of aliphatic hydroxyl groups excluding tert-OH is 1. The number of nitrogens with zero attached hydrogens (tertiary/aromatic N) is 1. The van der Waals surface area contributed by atoms with Gasteiger partial charge in [-0.15, -0.1) is 0 Å². The number of aliphatic hydroxyl groups is 1. The second-order valence-electron chi connectivity index (χ2n) is 1.33. The molecule has 0 radical (unpaired) electrons. The lowest BCUT2D eigenvalue weighted by Gasteiger charge is -1.95. The van der Waals surface area contributed by atoms with Crippen LogP contribution in [0.4, 0.5) is 0 Å². The third kappa shape index (κ3) is 5.94. The molecule has 0 aromatic rings. The van der Waals surface area contributed by atoms with Gasteiger partial charge in [0.25, 0.3) is 0 Å². The average Bonchev–Trinajstić information content (AvgIpc) is 1.81. The molecule has 8 heavy (non-hydrogen) atoms. The summed E-state index contributed by atoms with van der Waals surface area (Å²) in [6, 6.07) is 0. The summed E-state index contributed by atoms with van der Waals surface area (Å²) >= 11 is 4.32. The summed E-state index contributed by atoms with van der Waals surface area (Å²) in [4.78, 5) is 0. The lowest BCUT2D eigenvalue weighted by Crippen LogP contribution is -2.20. The van der Waals surface area contributed by atoms with E-state index in [1.54, 1.807) is 0 Å². The van der Waals surface area contributed by atoms with Crippen LogP contribution in [0, 0.1) is 0 Å². The van der Waals surface area contributed by atoms with Crippen LogP contribution in [0.3, 0.4) is 0 Å². The molecule has 0 fully saturated rings. The van der Waals surface area contributed by atoms with E-state index >= 15 is 0 Å². The first kappa shape index (κ1) is 7.94. The van der Waals surface area contributed by atoms with Crippen molar-refractivity contribution in [3.05, 3.63) is 0 Å². The highest BCUT2D eigenvalue weighted by Gasteiger charge is 1.80. The number of hydrogen-bond donors (Lipinski definition) is 2. The van der Waals surface area contributed by atoms with Crippen LogP contribution in [-0.4, -0.2) is 31.3 Å². The van der Waals surface area contributed by atoms with Crippen molar-refractivity contribution in [2.75, 3.05) is 26.2 Å². The Bertz CT molecular complexity index is 60.0. The maximum atomic E-state index is 8.25. The summed E-state index contributed by atoms with van der Waals surface area (Å²) in [5, 5.41) is 11.2. The largest absolute Gasteiger partial charge is 0.395 e. The highest BCUT2D eigenvalue weighted by Crippen LogP contribution is 1.62. The van der Waals surface area contributed by atoms with E-state index in [0.29, 0.717) is 13.1 Å². The van der Waals surface area contributed by atoms with Crippen LogP contribution in [0.2, 0.25) is 0 Å². The van der Waals surface area contributed by atoms with Gasteiger partial charge in [0.1, 0.15) is 0 Å². The molecular formula is C4H10N2OS. The number of hydrogen-bond acceptors (Lipinski definition) is 4. The van der Waals surface area contributed by atoms with Gasteiger partial charge in [0.2, 0.25) is 0 Å². The van der Waals surface area contributed by atoms with E-state index in [9.17, 15) is 0 Å². The van der Waals surface area contributed by atoms with Crippen LogP contribution in [0.1, 0.15) is 0 Å². The van der Waals surface area contributed by atoms with Gasteiger partial charge in [0, 0.05) is 25.5 Å². The molecule has 4 heteroatoms. The Labute approximate surface area is 54.3 Å². The molecule has 2 N–H and O–H groups in total. The Kier molecular flexibility index (Phi) is 6.89. The van der Waals surface area contributed by atoms with Gasteiger partial charge < -0.3 is 10.4 Å². The van der Waals surface area contributed by atoms with Crippen LogP contribution < -0.4 is 5.32 Å². The summed E-state index contributed by atoms with van der Waals surface area (Å²) in [6.07, 6.45) is 0. The minimum absolute atomic E-state index is 0.178. The normalized spacial score (nSPS) is 9.12. The van der Waals surface area contributed by atoms with Gasteiger partial charge in [0.15, 0.2) is 0 Å². The van der Waals surface area contributed by atoms with E-state index in [-0.39, 0.29) is 6.61 Å². The van der Waals surface area contributed by atoms with Gasteiger partial charge in [-0.2, -0.15) is 0 Å². The van der Waals surface area contributed by atoms with Crippen molar-refractivity contribution in [3.8, 4) is 0 Å². The summed E-state index contributed by atoms with van der Waals surface area (Å²) in [5.74, 6) is 0. The van der Waals surface area contributed by atoms with Crippen molar-refractivity contribution < 1.29 is 5.11 Å². The zero-order valence-electron chi connectivity index (χ0n) is 4.63. The lowest BCUT2D eigenvalue weighted by molar-refractivity contribution is 0.293. The maximum absolute atomic E-state index is 8.25. The van der Waals surface area contributed by atoms with Crippen LogP contribution in [-0.2, 0) is 12.4 Å². The Morgan fingerprint density at radius 1 is 1.50 bits per heavy atom. The number of rotatable bonds is 5. The van der Waals surface area contributed by atoms with Crippen molar-refractivity contribution in [1.29, 1.82) is 0 Å². The first-order chi connectivity index (χ1) is 3.91. The fraction of sp³-hybridized carbons (Fsp3) is 1.00. The van der Waals surface area contributed by atoms with Gasteiger partial charge in [-0.05, 0) is 0 Å². The van der Waals surface area contributed by atoms with E-state index < -0.39 is 0 Å². The Hall–Kier alpha value is -0.0600. The second kappa shape index (κ2) is 6.94. The first-order valence-corrected chi connectivity index (χ1v) is 2.89. The lowest BCUT2D eigenvalue weighted by atomic mass is 10.6. The molecule has 48 valence electrons. The van der Waals surface area contributed by atoms with E-state index in [0.717, 1.165) is 6.54 Å². The van der Waals surface area contributed by atoms with Gasteiger partial charge in [-0.25, -0.2) is 4.36 Å². The molecule has 0 aromatic carbocycles. The number of nitrogens with one attached hydrogen (secondary N) is 1. The molecule has 0 bridgehead atoms. The molecule has 3 nitrogen and oxygen atoms in total. The molecule has 0 saturated carbocycles. The highest BCUT2D eigenvalue weighted by molar-refractivity contribution is 7.47. The molecule has 0 unspecified atom stereocenters. The van der Waals surface area contributed by atoms with Crippen LogP contribution in [0.5, 0.6) is 0 Å². The second-order valence-corrected chi connectivity index (χ2v) is 1.58. The monoisotopic (exact) mass is 134 g/mol. The van der Waals surface area contributed by atoms with E-state index in [4.69, 9.17) is 5.11 Å². The van der Waals surface area contributed by atoms with Crippen LogP contribution in [0.25, 0.3) is 0 Å². The molecule has 0 spiro atoms. The van der Waals surface area contributed by atoms with Crippen molar-refractivity contribution >= 4 is 12.4 Å². The van der Waals surface area contributed by atoms with Gasteiger partial charge >= 0.3 is 0 Å². The minimum Gasteiger partial charge on any atom is -0.395 e. The maximum Gasteiger partial charge on any atom is 0.0645 e. The summed E-state index contributed by atoms with van der Waals surface area (Å²) in [7, 11) is 0. The molecule has 0 saturated heterocycles. The predicted molar refractivity (Wildman–Crippen MR) is 34.6 cm³/mol. The van der Waals surface area contributed by atoms with E-state index in [1.807, 2.05) is 0 Å². The zero-order chi connectivity index (χ0) is 6.24. The fourth-order valence-corrected chi connectivity index (χ4v) is 0.420. The van der Waals surface area contributed by atoms with E-state index in [1.165, 1.54) is 0 Å². The average molecular weight is 134 g/mol. The molecule has 0 amide bonds. The quantitative estimate of drug-likeness (QED) is 0.489. The van der Waals surface area contributed by atoms with Gasteiger partial charge in [0.05, 0.1) is 13.2 Å². The van der Waals surface area contributed by atoms with Crippen LogP contribution >= 0.6 is 0 Å². The van der Waals surface area contributed by atoms with Gasteiger partial charge in [-0.3, -0.25) is 0 Å². The van der Waals surface area contributed by atoms with Crippen molar-refractivity contribution in [1.82, 2.24) is 5.32 Å². The van der Waals surface area contributed by atoms with Gasteiger partial charge in [-0.1, -0.05) is 0 Å². The summed E-state index contributed by atoms with van der Waals surface area (Å²) < 4.78 is 3.45. The van der Waals surface area contributed by atoms with Crippen LogP contribution in [0.15, 0.2) is 4.36 Å². The molecule has 0 aromatic heterocycles. The van der Waals surface area contributed by atoms with E-state index in [2.05, 4.69) is 22.1 Å². The third-order valence-corrected chi connectivity index (χ3v) is 0.851. The SMILES string of the molecule is OCCNCCN=S. The molecule has 0 aliphatic heterocycles. The highest BCUT2D eigenvalue weighted by atomic mass is 32.1. The molecule has 0 heterocycles. The summed E-state index contributed by atoms with van der Waals surface area (Å²) in [6.45, 7) is 2.22. The Morgan fingerprint density at radius 2 is 2.25 bits per heavy atom.